The monoisotopic (exact) mass is 334 g/mol. The normalized spacial score (nSPS) is 38.9. The molecule has 0 bridgehead atoms. The average molecular weight is 334 g/mol. The van der Waals surface area contributed by atoms with Gasteiger partial charge in [0, 0.05) is 0 Å². The van der Waals surface area contributed by atoms with Crippen LogP contribution in [0.2, 0.25) is 18.1 Å². The fourth-order valence-electron chi connectivity index (χ4n) is 2.60. The third kappa shape index (κ3) is 3.26. The van der Waals surface area contributed by atoms with Crippen LogP contribution in [0.3, 0.4) is 0 Å². The quantitative estimate of drug-likeness (QED) is 0.764. The first-order valence-corrected chi connectivity index (χ1v) is 10.7. The maximum atomic E-state index is 10.7. The zero-order chi connectivity index (χ0) is 17.0. The molecule has 130 valence electrons. The molecular formula is C15H30O6Si. The van der Waals surface area contributed by atoms with Crippen LogP contribution in [0.15, 0.2) is 0 Å². The minimum atomic E-state index is -2.19. The van der Waals surface area contributed by atoms with Crippen molar-refractivity contribution in [1.29, 1.82) is 0 Å². The Hall–Kier alpha value is -0.0231. The van der Waals surface area contributed by atoms with Crippen LogP contribution in [0.4, 0.5) is 0 Å². The molecule has 2 rings (SSSR count). The van der Waals surface area contributed by atoms with Gasteiger partial charge in [0.25, 0.3) is 0 Å². The third-order valence-corrected chi connectivity index (χ3v) is 9.37. The van der Waals surface area contributed by atoms with Gasteiger partial charge in [-0.2, -0.15) is 0 Å². The van der Waals surface area contributed by atoms with Gasteiger partial charge in [-0.1, -0.05) is 20.8 Å². The lowest BCUT2D eigenvalue weighted by Gasteiger charge is -2.48. The summed E-state index contributed by atoms with van der Waals surface area (Å²) in [5.41, 5.74) is 0. The molecule has 0 aromatic heterocycles. The SMILES string of the molecule is CC1(C)O[C@H]2[C@H](CO[C@@](O)(CO)[C@@H]2O[Si](C)(C)C(C)(C)C)O1. The van der Waals surface area contributed by atoms with Gasteiger partial charge in [-0.15, -0.1) is 0 Å². The van der Waals surface area contributed by atoms with Gasteiger partial charge in [0.15, 0.2) is 14.1 Å². The topological polar surface area (TPSA) is 77.4 Å². The van der Waals surface area contributed by atoms with E-state index in [-0.39, 0.29) is 17.7 Å². The molecule has 0 amide bonds. The molecule has 0 saturated carbocycles. The molecule has 22 heavy (non-hydrogen) atoms. The molecule has 2 saturated heterocycles. The minimum Gasteiger partial charge on any atom is -0.406 e. The number of ether oxygens (including phenoxy) is 3. The van der Waals surface area contributed by atoms with Crippen molar-refractivity contribution in [3.63, 3.8) is 0 Å². The molecule has 6 nitrogen and oxygen atoms in total. The van der Waals surface area contributed by atoms with E-state index in [4.69, 9.17) is 18.6 Å². The van der Waals surface area contributed by atoms with Crippen molar-refractivity contribution in [2.24, 2.45) is 0 Å². The van der Waals surface area contributed by atoms with Crippen LogP contribution in [0.5, 0.6) is 0 Å². The van der Waals surface area contributed by atoms with Crippen molar-refractivity contribution in [1.82, 2.24) is 0 Å². The molecule has 4 atom stereocenters. The molecule has 0 aromatic rings. The van der Waals surface area contributed by atoms with Gasteiger partial charge in [0.1, 0.15) is 18.3 Å². The fraction of sp³-hybridized carbons (Fsp3) is 1.00. The first-order chi connectivity index (χ1) is 9.81. The van der Waals surface area contributed by atoms with Gasteiger partial charge < -0.3 is 28.8 Å². The Labute approximate surface area is 133 Å². The van der Waals surface area contributed by atoms with Crippen molar-refractivity contribution in [3.05, 3.63) is 0 Å². The van der Waals surface area contributed by atoms with Gasteiger partial charge in [0.2, 0.25) is 5.79 Å². The summed E-state index contributed by atoms with van der Waals surface area (Å²) in [5.74, 6) is -2.52. The van der Waals surface area contributed by atoms with E-state index >= 15 is 0 Å². The predicted octanol–water partition coefficient (Wildman–Crippen LogP) is 1.61. The highest BCUT2D eigenvalue weighted by atomic mass is 28.4. The second-order valence-electron chi connectivity index (χ2n) is 8.25. The number of aliphatic hydroxyl groups excluding tert-OH is 1. The molecule has 2 aliphatic heterocycles. The Balaban J connectivity index is 2.30. The zero-order valence-electron chi connectivity index (χ0n) is 14.7. The molecule has 0 radical (unpaired) electrons. The van der Waals surface area contributed by atoms with Crippen LogP contribution in [0.25, 0.3) is 0 Å². The Morgan fingerprint density at radius 2 is 1.82 bits per heavy atom. The maximum Gasteiger partial charge on any atom is 0.217 e. The van der Waals surface area contributed by atoms with Gasteiger partial charge in [-0.25, -0.2) is 0 Å². The molecule has 0 aromatic carbocycles. The van der Waals surface area contributed by atoms with Gasteiger partial charge >= 0.3 is 0 Å². The molecular weight excluding hydrogens is 304 g/mol. The summed E-state index contributed by atoms with van der Waals surface area (Å²) in [6, 6.07) is 0. The summed E-state index contributed by atoms with van der Waals surface area (Å²) in [6.45, 7) is 13.8. The lowest BCUT2D eigenvalue weighted by atomic mass is 9.97. The summed E-state index contributed by atoms with van der Waals surface area (Å²) in [5, 5.41) is 20.3. The number of aliphatic hydroxyl groups is 2. The smallest absolute Gasteiger partial charge is 0.217 e. The average Bonchev–Trinajstić information content (AvgIpc) is 2.66. The lowest BCUT2D eigenvalue weighted by molar-refractivity contribution is -0.314. The molecule has 7 heteroatoms. The van der Waals surface area contributed by atoms with E-state index in [1.165, 1.54) is 0 Å². The van der Waals surface area contributed by atoms with Crippen molar-refractivity contribution < 1.29 is 28.8 Å². The van der Waals surface area contributed by atoms with Gasteiger partial charge in [-0.05, 0) is 32.0 Å². The lowest BCUT2D eigenvalue weighted by Crippen LogP contribution is -2.65. The van der Waals surface area contributed by atoms with Crippen molar-refractivity contribution >= 4 is 8.32 Å². The number of rotatable bonds is 3. The minimum absolute atomic E-state index is 0.0364. The molecule has 2 heterocycles. The van der Waals surface area contributed by atoms with Gasteiger partial charge in [-0.3, -0.25) is 0 Å². The Morgan fingerprint density at radius 3 is 2.32 bits per heavy atom. The van der Waals surface area contributed by atoms with Crippen LogP contribution >= 0.6 is 0 Å². The highest BCUT2D eigenvalue weighted by Gasteiger charge is 2.59. The number of hydrogen-bond donors (Lipinski definition) is 2. The predicted molar refractivity (Wildman–Crippen MR) is 83.9 cm³/mol. The van der Waals surface area contributed by atoms with E-state index in [0.29, 0.717) is 0 Å². The maximum absolute atomic E-state index is 10.7. The fourth-order valence-corrected chi connectivity index (χ4v) is 3.91. The van der Waals surface area contributed by atoms with Gasteiger partial charge in [0.05, 0.1) is 13.2 Å². The number of hydrogen-bond acceptors (Lipinski definition) is 6. The van der Waals surface area contributed by atoms with E-state index in [1.54, 1.807) is 0 Å². The Kier molecular flexibility index (Phi) is 4.59. The molecule has 0 spiro atoms. The first kappa shape index (κ1) is 18.3. The van der Waals surface area contributed by atoms with E-state index in [2.05, 4.69) is 33.9 Å². The van der Waals surface area contributed by atoms with E-state index < -0.39 is 38.7 Å². The van der Waals surface area contributed by atoms with Crippen molar-refractivity contribution in [2.45, 2.75) is 82.6 Å². The highest BCUT2D eigenvalue weighted by molar-refractivity contribution is 6.74. The Bertz CT molecular complexity index is 419. The summed E-state index contributed by atoms with van der Waals surface area (Å²) in [4.78, 5) is 0. The first-order valence-electron chi connectivity index (χ1n) is 7.82. The van der Waals surface area contributed by atoms with Crippen molar-refractivity contribution in [2.75, 3.05) is 13.2 Å². The van der Waals surface area contributed by atoms with Crippen LogP contribution in [0, 0.1) is 0 Å². The summed E-state index contributed by atoms with van der Waals surface area (Å²) in [7, 11) is -2.19. The van der Waals surface area contributed by atoms with E-state index in [9.17, 15) is 10.2 Å². The van der Waals surface area contributed by atoms with E-state index in [0.717, 1.165) is 0 Å². The van der Waals surface area contributed by atoms with Crippen LogP contribution in [-0.2, 0) is 18.6 Å². The van der Waals surface area contributed by atoms with Crippen molar-refractivity contribution in [3.8, 4) is 0 Å². The second-order valence-corrected chi connectivity index (χ2v) is 13.0. The molecule has 2 fully saturated rings. The summed E-state index contributed by atoms with van der Waals surface area (Å²) in [6.07, 6.45) is -1.55. The molecule has 2 aliphatic rings. The van der Waals surface area contributed by atoms with Crippen LogP contribution in [-0.4, -0.2) is 61.6 Å². The molecule has 0 unspecified atom stereocenters. The standard InChI is InChI=1S/C15H30O6Si/c1-13(2,3)22(6,7)21-12-11-10(19-14(4,5)20-11)8-18-15(12,17)9-16/h10-12,16-17H,8-9H2,1-7H3/t10-,11-,12+,15-/m0/s1. The second kappa shape index (κ2) is 5.51. The molecule has 0 aliphatic carbocycles. The Morgan fingerprint density at radius 1 is 1.23 bits per heavy atom. The zero-order valence-corrected chi connectivity index (χ0v) is 15.7. The van der Waals surface area contributed by atoms with Crippen LogP contribution in [0.1, 0.15) is 34.6 Å². The summed E-state index contributed by atoms with van der Waals surface area (Å²) < 4.78 is 23.6. The van der Waals surface area contributed by atoms with E-state index in [1.807, 2.05) is 13.8 Å². The molecule has 2 N–H and O–H groups in total. The van der Waals surface area contributed by atoms with Crippen LogP contribution < -0.4 is 0 Å². The summed E-state index contributed by atoms with van der Waals surface area (Å²) >= 11 is 0. The third-order valence-electron chi connectivity index (χ3n) is 4.92. The highest BCUT2D eigenvalue weighted by Crippen LogP contribution is 2.44. The largest absolute Gasteiger partial charge is 0.406 e. The number of fused-ring (bicyclic) bond motifs is 1.